The molecule has 0 saturated heterocycles. The summed E-state index contributed by atoms with van der Waals surface area (Å²) < 4.78 is 5.42. The van der Waals surface area contributed by atoms with Gasteiger partial charge in [0.25, 0.3) is 0 Å². The topological polar surface area (TPSA) is 0 Å². The Bertz CT molecular complexity index is 3070. The zero-order valence-electron chi connectivity index (χ0n) is 27.0. The number of benzene rings is 9. The molecule has 11 aromatic rings. The molecule has 0 aliphatic rings. The Labute approximate surface area is 297 Å². The average molecular weight is 669 g/mol. The van der Waals surface area contributed by atoms with Crippen molar-refractivity contribution in [1.82, 2.24) is 0 Å². The first-order valence-corrected chi connectivity index (χ1v) is 18.7. The van der Waals surface area contributed by atoms with E-state index in [9.17, 15) is 0 Å². The highest BCUT2D eigenvalue weighted by atomic mass is 32.1. The van der Waals surface area contributed by atoms with Crippen molar-refractivity contribution in [2.45, 2.75) is 0 Å². The van der Waals surface area contributed by atoms with Gasteiger partial charge in [0, 0.05) is 45.7 Å². The third-order valence-electron chi connectivity index (χ3n) is 10.5. The summed E-state index contributed by atoms with van der Waals surface area (Å²) in [5, 5.41) is 13.2. The Morgan fingerprint density at radius 3 is 1.50 bits per heavy atom. The molecule has 0 bridgehead atoms. The second-order valence-electron chi connectivity index (χ2n) is 13.2. The van der Waals surface area contributed by atoms with Gasteiger partial charge in [-0.1, -0.05) is 140 Å². The van der Waals surface area contributed by atoms with Crippen LogP contribution in [-0.4, -0.2) is 0 Å². The summed E-state index contributed by atoms with van der Waals surface area (Å²) >= 11 is 3.81. The highest BCUT2D eigenvalue weighted by molar-refractivity contribution is 7.27. The van der Waals surface area contributed by atoms with Gasteiger partial charge in [-0.3, -0.25) is 0 Å². The lowest BCUT2D eigenvalue weighted by Crippen LogP contribution is -1.90. The Balaban J connectivity index is 1.05. The van der Waals surface area contributed by atoms with Gasteiger partial charge < -0.3 is 0 Å². The average Bonchev–Trinajstić information content (AvgIpc) is 3.74. The smallest absolute Gasteiger partial charge is 0.0434 e. The molecule has 0 spiro atoms. The normalized spacial score (nSPS) is 12.0. The van der Waals surface area contributed by atoms with Crippen LogP contribution in [0.15, 0.2) is 170 Å². The maximum atomic E-state index is 2.43. The summed E-state index contributed by atoms with van der Waals surface area (Å²) in [6.07, 6.45) is 0. The summed E-state index contributed by atoms with van der Waals surface area (Å²) in [6, 6.07) is 63.0. The molecule has 9 aromatic carbocycles. The van der Waals surface area contributed by atoms with Crippen LogP contribution in [0.2, 0.25) is 0 Å². The van der Waals surface area contributed by atoms with E-state index in [2.05, 4.69) is 170 Å². The Morgan fingerprint density at radius 1 is 0.260 bits per heavy atom. The predicted molar refractivity (Wildman–Crippen MR) is 221 cm³/mol. The first kappa shape index (κ1) is 28.1. The summed E-state index contributed by atoms with van der Waals surface area (Å²) in [5.41, 5.74) is 7.56. The third-order valence-corrected chi connectivity index (χ3v) is 12.8. The molecule has 0 atom stereocenters. The van der Waals surface area contributed by atoms with Crippen molar-refractivity contribution in [3.63, 3.8) is 0 Å². The van der Waals surface area contributed by atoms with Gasteiger partial charge in [0.15, 0.2) is 0 Å². The van der Waals surface area contributed by atoms with Crippen molar-refractivity contribution in [3.8, 4) is 33.4 Å². The van der Waals surface area contributed by atoms with E-state index in [1.807, 2.05) is 22.7 Å². The third kappa shape index (κ3) is 4.16. The molecule has 0 aliphatic carbocycles. The summed E-state index contributed by atoms with van der Waals surface area (Å²) in [4.78, 5) is 0. The minimum Gasteiger partial charge on any atom is -0.135 e. The summed E-state index contributed by atoms with van der Waals surface area (Å²) in [6.45, 7) is 0. The van der Waals surface area contributed by atoms with E-state index in [1.54, 1.807) is 0 Å². The van der Waals surface area contributed by atoms with E-state index >= 15 is 0 Å². The summed E-state index contributed by atoms with van der Waals surface area (Å²) in [7, 11) is 0. The zero-order chi connectivity index (χ0) is 32.8. The zero-order valence-corrected chi connectivity index (χ0v) is 28.6. The molecule has 50 heavy (non-hydrogen) atoms. The van der Waals surface area contributed by atoms with Gasteiger partial charge >= 0.3 is 0 Å². The quantitative estimate of drug-likeness (QED) is 0.164. The van der Waals surface area contributed by atoms with Crippen molar-refractivity contribution in [1.29, 1.82) is 0 Å². The van der Waals surface area contributed by atoms with Crippen LogP contribution in [0.5, 0.6) is 0 Å². The number of thiophene rings is 2. The highest BCUT2D eigenvalue weighted by Gasteiger charge is 2.17. The van der Waals surface area contributed by atoms with Gasteiger partial charge in [-0.05, 0) is 90.6 Å². The molecule has 0 aliphatic heterocycles. The van der Waals surface area contributed by atoms with Gasteiger partial charge in [-0.15, -0.1) is 22.7 Å². The molecule has 0 nitrogen and oxygen atoms in total. The van der Waals surface area contributed by atoms with Gasteiger partial charge in [-0.25, -0.2) is 0 Å². The number of hydrogen-bond acceptors (Lipinski definition) is 2. The molecule has 232 valence electrons. The molecule has 2 heterocycles. The number of hydrogen-bond donors (Lipinski definition) is 0. The summed E-state index contributed by atoms with van der Waals surface area (Å²) in [5.74, 6) is 0. The van der Waals surface area contributed by atoms with Crippen molar-refractivity contribution < 1.29 is 0 Å². The van der Waals surface area contributed by atoms with Gasteiger partial charge in [0.2, 0.25) is 0 Å². The maximum absolute atomic E-state index is 2.43. The van der Waals surface area contributed by atoms with Crippen molar-refractivity contribution in [3.05, 3.63) is 170 Å². The fourth-order valence-corrected chi connectivity index (χ4v) is 10.5. The molecule has 0 fully saturated rings. The van der Waals surface area contributed by atoms with Crippen LogP contribution in [-0.2, 0) is 0 Å². The maximum Gasteiger partial charge on any atom is 0.0434 e. The number of rotatable bonds is 3. The lowest BCUT2D eigenvalue weighted by molar-refractivity contribution is 1.63. The standard InChI is InChI=1S/C48H28S2/c1-2-10-30(11-3-1)46-35-13-4-6-15-37(35)47(38-16-7-5-14-36(38)46)31-20-18-29(19-21-31)32-23-25-44-41(26-32)39-24-22-33-27-45-42(28-40(33)48(39)50-44)34-12-8-9-17-43(34)49-45/h1-28H. The predicted octanol–water partition coefficient (Wildman–Crippen LogP) is 14.9. The Kier molecular flexibility index (Phi) is 6.09. The van der Waals surface area contributed by atoms with Crippen LogP contribution in [0, 0.1) is 0 Å². The molecule has 0 saturated carbocycles. The van der Waals surface area contributed by atoms with E-state index in [4.69, 9.17) is 0 Å². The van der Waals surface area contributed by atoms with Gasteiger partial charge in [-0.2, -0.15) is 0 Å². The van der Waals surface area contributed by atoms with E-state index in [0.717, 1.165) is 0 Å². The van der Waals surface area contributed by atoms with E-state index in [0.29, 0.717) is 0 Å². The fourth-order valence-electron chi connectivity index (χ4n) is 8.14. The van der Waals surface area contributed by atoms with Crippen LogP contribution in [0.3, 0.4) is 0 Å². The van der Waals surface area contributed by atoms with Crippen LogP contribution >= 0.6 is 22.7 Å². The minimum atomic E-state index is 1.23. The molecule has 11 rings (SSSR count). The Hall–Kier alpha value is -5.80. The molecule has 2 aromatic heterocycles. The number of fused-ring (bicyclic) bond motifs is 10. The monoisotopic (exact) mass is 668 g/mol. The second-order valence-corrected chi connectivity index (χ2v) is 15.3. The molecule has 0 unspecified atom stereocenters. The van der Waals surface area contributed by atoms with Gasteiger partial charge in [0.1, 0.15) is 0 Å². The highest BCUT2D eigenvalue weighted by Crippen LogP contribution is 2.45. The largest absolute Gasteiger partial charge is 0.135 e. The van der Waals surface area contributed by atoms with Crippen LogP contribution < -0.4 is 0 Å². The SMILES string of the molecule is c1ccc(-c2c3ccccc3c(-c3ccc(-c4ccc5sc6c7cc8c(cc7ccc6c5c4)sc4ccccc48)cc3)c3ccccc23)cc1. The minimum absolute atomic E-state index is 1.23. The van der Waals surface area contributed by atoms with Crippen molar-refractivity contribution in [2.24, 2.45) is 0 Å². The molecular weight excluding hydrogens is 641 g/mol. The van der Waals surface area contributed by atoms with Crippen molar-refractivity contribution >= 4 is 95.3 Å². The molecule has 0 radical (unpaired) electrons. The molecular formula is C48H28S2. The lowest BCUT2D eigenvalue weighted by atomic mass is 9.86. The molecule has 2 heteroatoms. The molecule has 0 N–H and O–H groups in total. The lowest BCUT2D eigenvalue weighted by Gasteiger charge is -2.18. The van der Waals surface area contributed by atoms with Crippen molar-refractivity contribution in [2.75, 3.05) is 0 Å². The van der Waals surface area contributed by atoms with E-state index < -0.39 is 0 Å². The first-order chi connectivity index (χ1) is 24.8. The molecule has 0 amide bonds. The van der Waals surface area contributed by atoms with Crippen LogP contribution in [0.1, 0.15) is 0 Å². The fraction of sp³-hybridized carbons (Fsp3) is 0. The van der Waals surface area contributed by atoms with Crippen LogP contribution in [0.4, 0.5) is 0 Å². The van der Waals surface area contributed by atoms with Gasteiger partial charge in [0.05, 0.1) is 0 Å². The van der Waals surface area contributed by atoms with E-state index in [-0.39, 0.29) is 0 Å². The van der Waals surface area contributed by atoms with E-state index in [1.165, 1.54) is 106 Å². The second kappa shape index (κ2) is 10.9. The first-order valence-electron chi connectivity index (χ1n) is 17.1. The van der Waals surface area contributed by atoms with Crippen LogP contribution in [0.25, 0.3) is 106 Å². The Morgan fingerprint density at radius 2 is 0.800 bits per heavy atom.